The highest BCUT2D eigenvalue weighted by atomic mass is 19.1. The van der Waals surface area contributed by atoms with Gasteiger partial charge in [-0.3, -0.25) is 0 Å². The summed E-state index contributed by atoms with van der Waals surface area (Å²) in [4.78, 5) is 0. The normalized spacial score (nSPS) is 20.6. The summed E-state index contributed by atoms with van der Waals surface area (Å²) in [6.45, 7) is 4.37. The SMILES string of the molecule is CC(C)(CO)C1CCc2ccc(F)cc2C1. The van der Waals surface area contributed by atoms with Crippen molar-refractivity contribution in [3.63, 3.8) is 0 Å². The van der Waals surface area contributed by atoms with Gasteiger partial charge in [0.05, 0.1) is 0 Å². The highest BCUT2D eigenvalue weighted by Crippen LogP contribution is 2.37. The Morgan fingerprint density at radius 3 is 2.81 bits per heavy atom. The van der Waals surface area contributed by atoms with Crippen LogP contribution in [-0.4, -0.2) is 11.7 Å². The average molecular weight is 222 g/mol. The Hall–Kier alpha value is -0.890. The third-order valence-electron chi connectivity index (χ3n) is 3.91. The second-order valence-electron chi connectivity index (χ2n) is 5.50. The van der Waals surface area contributed by atoms with Crippen molar-refractivity contribution in [1.82, 2.24) is 0 Å². The van der Waals surface area contributed by atoms with Crippen LogP contribution in [0, 0.1) is 17.2 Å². The number of rotatable bonds is 2. The van der Waals surface area contributed by atoms with Gasteiger partial charge in [0.1, 0.15) is 5.82 Å². The Morgan fingerprint density at radius 2 is 2.12 bits per heavy atom. The van der Waals surface area contributed by atoms with Crippen LogP contribution in [0.1, 0.15) is 31.4 Å². The maximum Gasteiger partial charge on any atom is 0.123 e. The van der Waals surface area contributed by atoms with Crippen molar-refractivity contribution in [1.29, 1.82) is 0 Å². The van der Waals surface area contributed by atoms with E-state index in [1.165, 1.54) is 11.6 Å². The van der Waals surface area contributed by atoms with Crippen molar-refractivity contribution in [3.05, 3.63) is 35.1 Å². The zero-order valence-electron chi connectivity index (χ0n) is 9.96. The molecule has 0 aromatic heterocycles. The molecule has 1 atom stereocenters. The minimum absolute atomic E-state index is 0.0655. The molecular formula is C14H19FO. The van der Waals surface area contributed by atoms with Crippen molar-refractivity contribution in [2.24, 2.45) is 11.3 Å². The molecule has 2 heteroatoms. The number of fused-ring (bicyclic) bond motifs is 1. The zero-order valence-corrected chi connectivity index (χ0v) is 9.96. The third-order valence-corrected chi connectivity index (χ3v) is 3.91. The fourth-order valence-electron chi connectivity index (χ4n) is 2.52. The molecule has 0 heterocycles. The fourth-order valence-corrected chi connectivity index (χ4v) is 2.52. The first-order valence-electron chi connectivity index (χ1n) is 5.91. The molecule has 1 nitrogen and oxygen atoms in total. The van der Waals surface area contributed by atoms with Gasteiger partial charge in [0.25, 0.3) is 0 Å². The predicted molar refractivity (Wildman–Crippen MR) is 62.8 cm³/mol. The van der Waals surface area contributed by atoms with Gasteiger partial charge in [0.15, 0.2) is 0 Å². The van der Waals surface area contributed by atoms with Gasteiger partial charge in [-0.2, -0.15) is 0 Å². The second kappa shape index (κ2) is 4.17. The van der Waals surface area contributed by atoms with E-state index in [0.717, 1.165) is 24.8 Å². The lowest BCUT2D eigenvalue weighted by atomic mass is 9.70. The summed E-state index contributed by atoms with van der Waals surface area (Å²) < 4.78 is 13.2. The Labute approximate surface area is 96.3 Å². The van der Waals surface area contributed by atoms with Crippen molar-refractivity contribution >= 4 is 0 Å². The zero-order chi connectivity index (χ0) is 11.8. The van der Waals surface area contributed by atoms with E-state index < -0.39 is 0 Å². The number of benzene rings is 1. The number of hydrogen-bond donors (Lipinski definition) is 1. The lowest BCUT2D eigenvalue weighted by molar-refractivity contribution is 0.0874. The number of hydrogen-bond acceptors (Lipinski definition) is 1. The van der Waals surface area contributed by atoms with Crippen LogP contribution in [0.2, 0.25) is 0 Å². The van der Waals surface area contributed by atoms with E-state index in [9.17, 15) is 9.50 Å². The summed E-state index contributed by atoms with van der Waals surface area (Å²) in [6, 6.07) is 5.08. The molecule has 16 heavy (non-hydrogen) atoms. The summed E-state index contributed by atoms with van der Waals surface area (Å²) in [5, 5.41) is 9.37. The highest BCUT2D eigenvalue weighted by molar-refractivity contribution is 5.30. The quantitative estimate of drug-likeness (QED) is 0.815. The van der Waals surface area contributed by atoms with E-state index in [4.69, 9.17) is 0 Å². The molecule has 0 saturated heterocycles. The van der Waals surface area contributed by atoms with E-state index in [1.807, 2.05) is 6.07 Å². The summed E-state index contributed by atoms with van der Waals surface area (Å²) in [7, 11) is 0. The minimum Gasteiger partial charge on any atom is -0.396 e. The molecule has 1 aromatic rings. The van der Waals surface area contributed by atoms with Crippen molar-refractivity contribution in [3.8, 4) is 0 Å². The monoisotopic (exact) mass is 222 g/mol. The fraction of sp³-hybridized carbons (Fsp3) is 0.571. The van der Waals surface area contributed by atoms with Crippen LogP contribution in [-0.2, 0) is 12.8 Å². The van der Waals surface area contributed by atoms with Crippen molar-refractivity contribution in [2.45, 2.75) is 33.1 Å². The Bertz CT molecular complexity index is 384. The maximum atomic E-state index is 13.2. The lowest BCUT2D eigenvalue weighted by Gasteiger charge is -2.36. The second-order valence-corrected chi connectivity index (χ2v) is 5.50. The number of aliphatic hydroxyl groups excluding tert-OH is 1. The minimum atomic E-state index is -0.152. The van der Waals surface area contributed by atoms with Gasteiger partial charge in [-0.15, -0.1) is 0 Å². The van der Waals surface area contributed by atoms with Crippen LogP contribution in [0.5, 0.6) is 0 Å². The van der Waals surface area contributed by atoms with Gasteiger partial charge in [0.2, 0.25) is 0 Å². The molecule has 2 rings (SSSR count). The molecule has 0 fully saturated rings. The largest absolute Gasteiger partial charge is 0.396 e. The molecule has 0 amide bonds. The van der Waals surface area contributed by atoms with E-state index in [1.54, 1.807) is 6.07 Å². The first-order valence-corrected chi connectivity index (χ1v) is 5.91. The number of aliphatic hydroxyl groups is 1. The highest BCUT2D eigenvalue weighted by Gasteiger charge is 2.31. The topological polar surface area (TPSA) is 20.2 Å². The smallest absolute Gasteiger partial charge is 0.123 e. The van der Waals surface area contributed by atoms with Crippen molar-refractivity contribution < 1.29 is 9.50 Å². The molecule has 1 aliphatic carbocycles. The Balaban J connectivity index is 2.23. The van der Waals surface area contributed by atoms with Gasteiger partial charge in [-0.05, 0) is 53.9 Å². The average Bonchev–Trinajstić information content (AvgIpc) is 2.28. The molecule has 1 aromatic carbocycles. The predicted octanol–water partition coefficient (Wildman–Crippen LogP) is 2.95. The molecule has 1 aliphatic rings. The summed E-state index contributed by atoms with van der Waals surface area (Å²) in [5.74, 6) is 0.299. The Kier molecular flexibility index (Phi) is 3.02. The molecule has 0 radical (unpaired) electrons. The maximum absolute atomic E-state index is 13.2. The van der Waals surface area contributed by atoms with Crippen LogP contribution < -0.4 is 0 Å². The van der Waals surface area contributed by atoms with Gasteiger partial charge in [-0.25, -0.2) is 4.39 Å². The molecule has 88 valence electrons. The first-order chi connectivity index (χ1) is 7.53. The van der Waals surface area contributed by atoms with Crippen LogP contribution in [0.15, 0.2) is 18.2 Å². The molecule has 0 aliphatic heterocycles. The lowest BCUT2D eigenvalue weighted by Crippen LogP contribution is -2.32. The molecule has 0 spiro atoms. The molecule has 0 bridgehead atoms. The van der Waals surface area contributed by atoms with Crippen LogP contribution in [0.3, 0.4) is 0 Å². The van der Waals surface area contributed by atoms with Crippen LogP contribution >= 0.6 is 0 Å². The van der Waals surface area contributed by atoms with Gasteiger partial charge < -0.3 is 5.11 Å². The summed E-state index contributed by atoms with van der Waals surface area (Å²) >= 11 is 0. The van der Waals surface area contributed by atoms with Gasteiger partial charge in [-0.1, -0.05) is 19.9 Å². The first kappa shape index (κ1) is 11.6. The molecule has 0 saturated carbocycles. The van der Waals surface area contributed by atoms with Gasteiger partial charge in [0, 0.05) is 6.61 Å². The van der Waals surface area contributed by atoms with E-state index in [-0.39, 0.29) is 17.8 Å². The molecule has 1 N–H and O–H groups in total. The van der Waals surface area contributed by atoms with E-state index in [0.29, 0.717) is 5.92 Å². The van der Waals surface area contributed by atoms with E-state index >= 15 is 0 Å². The van der Waals surface area contributed by atoms with E-state index in [2.05, 4.69) is 13.8 Å². The van der Waals surface area contributed by atoms with Crippen LogP contribution in [0.25, 0.3) is 0 Å². The standard InChI is InChI=1S/C14H19FO/c1-14(2,9-16)12-5-3-10-4-6-13(15)8-11(10)7-12/h4,6,8,12,16H,3,5,7,9H2,1-2H3. The third kappa shape index (κ3) is 2.12. The summed E-state index contributed by atoms with van der Waals surface area (Å²) in [5.41, 5.74) is 2.33. The molecular weight excluding hydrogens is 203 g/mol. The summed E-state index contributed by atoms with van der Waals surface area (Å²) in [6.07, 6.45) is 2.98. The Morgan fingerprint density at radius 1 is 1.38 bits per heavy atom. The number of aryl methyl sites for hydroxylation is 1. The molecule has 1 unspecified atom stereocenters. The van der Waals surface area contributed by atoms with Crippen LogP contribution in [0.4, 0.5) is 4.39 Å². The van der Waals surface area contributed by atoms with Crippen molar-refractivity contribution in [2.75, 3.05) is 6.61 Å². The van der Waals surface area contributed by atoms with Gasteiger partial charge >= 0.3 is 0 Å². The number of halogens is 1.